The van der Waals surface area contributed by atoms with E-state index >= 15 is 0 Å². The van der Waals surface area contributed by atoms with E-state index in [-0.39, 0.29) is 0 Å². The van der Waals surface area contributed by atoms with Crippen molar-refractivity contribution in [1.82, 2.24) is 4.90 Å². The maximum absolute atomic E-state index is 8.37. The van der Waals surface area contributed by atoms with Crippen molar-refractivity contribution in [1.29, 1.82) is 10.5 Å². The molecule has 0 atom stereocenters. The standard InChI is InChI=1S/C8H4N2.C6H15N/c9-5-7-1-2-8(6-10)4-3-7;1-4-7(5-2)6-3/h1-4H;4-6H2,1-3H3. The summed E-state index contributed by atoms with van der Waals surface area (Å²) in [7, 11) is 0. The largest absolute Gasteiger partial charge is 0.304 e. The van der Waals surface area contributed by atoms with Crippen molar-refractivity contribution in [2.45, 2.75) is 20.8 Å². The molecule has 0 radical (unpaired) electrons. The van der Waals surface area contributed by atoms with E-state index in [1.54, 1.807) is 24.3 Å². The minimum absolute atomic E-state index is 0.582. The van der Waals surface area contributed by atoms with Gasteiger partial charge in [0.25, 0.3) is 0 Å². The highest BCUT2D eigenvalue weighted by molar-refractivity contribution is 5.36. The van der Waals surface area contributed by atoms with E-state index in [4.69, 9.17) is 10.5 Å². The van der Waals surface area contributed by atoms with Gasteiger partial charge in [-0.05, 0) is 43.9 Å². The smallest absolute Gasteiger partial charge is 0.0991 e. The quantitative estimate of drug-likeness (QED) is 0.800. The normalized spacial score (nSPS) is 8.82. The number of rotatable bonds is 3. The zero-order chi connectivity index (χ0) is 13.1. The first kappa shape index (κ1) is 15.2. The van der Waals surface area contributed by atoms with Gasteiger partial charge in [-0.15, -0.1) is 0 Å². The molecule has 0 bridgehead atoms. The highest BCUT2D eigenvalue weighted by Crippen LogP contribution is 2.00. The highest BCUT2D eigenvalue weighted by atomic mass is 15.1. The van der Waals surface area contributed by atoms with E-state index in [0.29, 0.717) is 11.1 Å². The molecule has 0 amide bonds. The average molecular weight is 229 g/mol. The SMILES string of the molecule is CCN(CC)CC.N#Cc1ccc(C#N)cc1. The molecule has 0 aliphatic rings. The molecule has 90 valence electrons. The van der Waals surface area contributed by atoms with Crippen molar-refractivity contribution in [3.05, 3.63) is 35.4 Å². The summed E-state index contributed by atoms with van der Waals surface area (Å²) in [6.45, 7) is 10.1. The Bertz CT molecular complexity index is 339. The van der Waals surface area contributed by atoms with Crippen LogP contribution in [0.3, 0.4) is 0 Å². The van der Waals surface area contributed by atoms with Crippen LogP contribution < -0.4 is 0 Å². The van der Waals surface area contributed by atoms with Crippen molar-refractivity contribution in [2.24, 2.45) is 0 Å². The van der Waals surface area contributed by atoms with Gasteiger partial charge < -0.3 is 4.90 Å². The molecule has 0 aliphatic heterocycles. The van der Waals surface area contributed by atoms with Crippen LogP contribution >= 0.6 is 0 Å². The van der Waals surface area contributed by atoms with Crippen LogP contribution in [0, 0.1) is 22.7 Å². The van der Waals surface area contributed by atoms with Crippen LogP contribution in [0.5, 0.6) is 0 Å². The van der Waals surface area contributed by atoms with Crippen molar-refractivity contribution < 1.29 is 0 Å². The molecule has 3 heteroatoms. The van der Waals surface area contributed by atoms with Gasteiger partial charge in [-0.25, -0.2) is 0 Å². The zero-order valence-corrected chi connectivity index (χ0v) is 10.8. The van der Waals surface area contributed by atoms with E-state index in [2.05, 4.69) is 25.7 Å². The molecule has 0 saturated carbocycles. The predicted octanol–water partition coefficient (Wildman–Crippen LogP) is 2.78. The third-order valence-electron chi connectivity index (χ3n) is 2.48. The summed E-state index contributed by atoms with van der Waals surface area (Å²) < 4.78 is 0. The second kappa shape index (κ2) is 9.39. The van der Waals surface area contributed by atoms with Crippen molar-refractivity contribution in [2.75, 3.05) is 19.6 Å². The number of nitriles is 2. The second-order valence-electron chi connectivity index (χ2n) is 3.42. The molecule has 0 N–H and O–H groups in total. The Balaban J connectivity index is 0.000000325. The number of hydrogen-bond acceptors (Lipinski definition) is 3. The molecule has 1 aromatic rings. The monoisotopic (exact) mass is 229 g/mol. The van der Waals surface area contributed by atoms with E-state index in [0.717, 1.165) is 0 Å². The molecule has 0 fully saturated rings. The molecule has 0 aliphatic carbocycles. The Kier molecular flexibility index (Phi) is 8.37. The lowest BCUT2D eigenvalue weighted by Gasteiger charge is -2.13. The fraction of sp³-hybridized carbons (Fsp3) is 0.429. The first-order valence-corrected chi connectivity index (χ1v) is 5.84. The first-order chi connectivity index (χ1) is 8.21. The highest BCUT2D eigenvalue weighted by Gasteiger charge is 1.89. The summed E-state index contributed by atoms with van der Waals surface area (Å²) in [4.78, 5) is 2.38. The van der Waals surface area contributed by atoms with Crippen LogP contribution in [0.1, 0.15) is 31.9 Å². The van der Waals surface area contributed by atoms with Crippen LogP contribution in [0.2, 0.25) is 0 Å². The third kappa shape index (κ3) is 6.35. The Hall–Kier alpha value is -1.84. The minimum atomic E-state index is 0.582. The van der Waals surface area contributed by atoms with Crippen molar-refractivity contribution >= 4 is 0 Å². The van der Waals surface area contributed by atoms with Crippen LogP contribution in [0.25, 0.3) is 0 Å². The van der Waals surface area contributed by atoms with Crippen LogP contribution in [0.15, 0.2) is 24.3 Å². The van der Waals surface area contributed by atoms with Crippen LogP contribution in [-0.4, -0.2) is 24.5 Å². The number of benzene rings is 1. The molecule has 0 aromatic heterocycles. The molecule has 0 heterocycles. The fourth-order valence-corrected chi connectivity index (χ4v) is 1.29. The van der Waals surface area contributed by atoms with E-state index in [1.165, 1.54) is 19.6 Å². The summed E-state index contributed by atoms with van der Waals surface area (Å²) in [6, 6.07) is 10.4. The molecular formula is C14H19N3. The van der Waals surface area contributed by atoms with Crippen molar-refractivity contribution in [3.8, 4) is 12.1 Å². The minimum Gasteiger partial charge on any atom is -0.304 e. The Morgan fingerprint density at radius 1 is 0.824 bits per heavy atom. The summed E-state index contributed by atoms with van der Waals surface area (Å²) in [5, 5.41) is 16.7. The van der Waals surface area contributed by atoms with Crippen LogP contribution in [0.4, 0.5) is 0 Å². The van der Waals surface area contributed by atoms with Gasteiger partial charge in [0.05, 0.1) is 23.3 Å². The van der Waals surface area contributed by atoms with E-state index < -0.39 is 0 Å². The van der Waals surface area contributed by atoms with Gasteiger partial charge in [0.2, 0.25) is 0 Å². The first-order valence-electron chi connectivity index (χ1n) is 5.84. The van der Waals surface area contributed by atoms with Gasteiger partial charge in [-0.1, -0.05) is 20.8 Å². The summed E-state index contributed by atoms with van der Waals surface area (Å²) in [5.41, 5.74) is 1.16. The van der Waals surface area contributed by atoms with Gasteiger partial charge in [0.1, 0.15) is 0 Å². The topological polar surface area (TPSA) is 50.8 Å². The number of nitrogens with zero attached hydrogens (tertiary/aromatic N) is 3. The predicted molar refractivity (Wildman–Crippen MR) is 69.3 cm³/mol. The maximum Gasteiger partial charge on any atom is 0.0991 e. The molecular weight excluding hydrogens is 210 g/mol. The van der Waals surface area contributed by atoms with Gasteiger partial charge in [0, 0.05) is 0 Å². The third-order valence-corrected chi connectivity index (χ3v) is 2.48. The average Bonchev–Trinajstić information content (AvgIpc) is 2.41. The Morgan fingerprint density at radius 2 is 1.12 bits per heavy atom. The van der Waals surface area contributed by atoms with E-state index in [9.17, 15) is 0 Å². The molecule has 17 heavy (non-hydrogen) atoms. The zero-order valence-electron chi connectivity index (χ0n) is 10.8. The van der Waals surface area contributed by atoms with E-state index in [1.807, 2.05) is 12.1 Å². The van der Waals surface area contributed by atoms with Gasteiger partial charge in [0.15, 0.2) is 0 Å². The van der Waals surface area contributed by atoms with Crippen LogP contribution in [-0.2, 0) is 0 Å². The maximum atomic E-state index is 8.37. The lowest BCUT2D eigenvalue weighted by atomic mass is 10.2. The Morgan fingerprint density at radius 3 is 1.24 bits per heavy atom. The van der Waals surface area contributed by atoms with Gasteiger partial charge in [-0.2, -0.15) is 10.5 Å². The Labute approximate surface area is 104 Å². The molecule has 3 nitrogen and oxygen atoms in total. The lowest BCUT2D eigenvalue weighted by Crippen LogP contribution is -2.21. The summed E-state index contributed by atoms with van der Waals surface area (Å²) >= 11 is 0. The molecule has 1 rings (SSSR count). The van der Waals surface area contributed by atoms with Crippen molar-refractivity contribution in [3.63, 3.8) is 0 Å². The lowest BCUT2D eigenvalue weighted by molar-refractivity contribution is 0.321. The van der Waals surface area contributed by atoms with Gasteiger partial charge >= 0.3 is 0 Å². The summed E-state index contributed by atoms with van der Waals surface area (Å²) in [6.07, 6.45) is 0. The molecule has 0 unspecified atom stereocenters. The molecule has 0 spiro atoms. The van der Waals surface area contributed by atoms with Gasteiger partial charge in [-0.3, -0.25) is 0 Å². The molecule has 0 saturated heterocycles. The fourth-order valence-electron chi connectivity index (χ4n) is 1.29. The molecule has 1 aromatic carbocycles. The summed E-state index contributed by atoms with van der Waals surface area (Å²) in [5.74, 6) is 0. The second-order valence-corrected chi connectivity index (χ2v) is 3.42. The number of hydrogen-bond donors (Lipinski definition) is 0.